The first-order valence-corrected chi connectivity index (χ1v) is 7.74. The number of thiophene rings is 1. The number of nitrogens with zero attached hydrogens (tertiary/aromatic N) is 2. The van der Waals surface area contributed by atoms with Crippen LogP contribution in [-0.4, -0.2) is 23.9 Å². The van der Waals surface area contributed by atoms with Gasteiger partial charge in [-0.05, 0) is 42.6 Å². The van der Waals surface area contributed by atoms with E-state index in [2.05, 4.69) is 5.10 Å². The monoisotopic (exact) mass is 316 g/mol. The summed E-state index contributed by atoms with van der Waals surface area (Å²) >= 11 is 1.55. The SMILES string of the molecule is COc1ccc(N2N=C(C)C(C(=O)O)C2c2cccs2)cc1. The molecule has 0 aliphatic carbocycles. The van der Waals surface area contributed by atoms with E-state index in [-0.39, 0.29) is 6.04 Å². The minimum atomic E-state index is -0.851. The van der Waals surface area contributed by atoms with Gasteiger partial charge in [-0.2, -0.15) is 5.10 Å². The third kappa shape index (κ3) is 2.46. The van der Waals surface area contributed by atoms with E-state index in [1.54, 1.807) is 30.4 Å². The maximum absolute atomic E-state index is 11.7. The number of methoxy groups -OCH3 is 1. The normalized spacial score (nSPS) is 20.8. The first-order valence-electron chi connectivity index (χ1n) is 6.86. The molecule has 2 aromatic rings. The Bertz CT molecular complexity index is 695. The smallest absolute Gasteiger partial charge is 0.314 e. The lowest BCUT2D eigenvalue weighted by atomic mass is 9.95. The molecule has 2 heterocycles. The van der Waals surface area contributed by atoms with E-state index in [9.17, 15) is 9.90 Å². The minimum absolute atomic E-state index is 0.314. The van der Waals surface area contributed by atoms with Gasteiger partial charge >= 0.3 is 5.97 Å². The lowest BCUT2D eigenvalue weighted by Crippen LogP contribution is -2.29. The molecule has 1 aliphatic heterocycles. The molecule has 1 aromatic heterocycles. The van der Waals surface area contributed by atoms with Crippen molar-refractivity contribution in [2.75, 3.05) is 12.1 Å². The topological polar surface area (TPSA) is 62.1 Å². The van der Waals surface area contributed by atoms with Crippen LogP contribution in [0.4, 0.5) is 5.69 Å². The average Bonchev–Trinajstić information content (AvgIpc) is 3.14. The van der Waals surface area contributed by atoms with E-state index in [4.69, 9.17) is 4.74 Å². The summed E-state index contributed by atoms with van der Waals surface area (Å²) < 4.78 is 5.16. The van der Waals surface area contributed by atoms with Crippen molar-refractivity contribution in [3.63, 3.8) is 0 Å². The molecule has 1 aromatic carbocycles. The van der Waals surface area contributed by atoms with Gasteiger partial charge in [-0.1, -0.05) is 6.07 Å². The Kier molecular flexibility index (Phi) is 3.85. The van der Waals surface area contributed by atoms with Crippen molar-refractivity contribution in [3.05, 3.63) is 46.7 Å². The summed E-state index contributed by atoms with van der Waals surface area (Å²) in [5.74, 6) is -0.734. The first kappa shape index (κ1) is 14.6. The van der Waals surface area contributed by atoms with Gasteiger partial charge in [0.2, 0.25) is 0 Å². The highest BCUT2D eigenvalue weighted by molar-refractivity contribution is 7.10. The highest BCUT2D eigenvalue weighted by Crippen LogP contribution is 2.41. The van der Waals surface area contributed by atoms with Crippen LogP contribution in [0.25, 0.3) is 0 Å². The molecule has 0 saturated heterocycles. The molecule has 0 spiro atoms. The highest BCUT2D eigenvalue weighted by atomic mass is 32.1. The van der Waals surface area contributed by atoms with Crippen molar-refractivity contribution in [1.29, 1.82) is 0 Å². The molecule has 3 rings (SSSR count). The molecule has 22 heavy (non-hydrogen) atoms. The molecule has 1 aliphatic rings. The minimum Gasteiger partial charge on any atom is -0.497 e. The summed E-state index contributed by atoms with van der Waals surface area (Å²) in [5.41, 5.74) is 1.46. The zero-order chi connectivity index (χ0) is 15.7. The standard InChI is InChI=1S/C16H16N2O3S/c1-10-14(16(19)20)15(13-4-3-9-22-13)18(17-10)11-5-7-12(21-2)8-6-11/h3-9,14-15H,1-2H3,(H,19,20). The molecule has 0 amide bonds. The predicted octanol–water partition coefficient (Wildman–Crippen LogP) is 3.39. The van der Waals surface area contributed by atoms with Crippen LogP contribution in [0.5, 0.6) is 5.75 Å². The zero-order valence-electron chi connectivity index (χ0n) is 12.3. The van der Waals surface area contributed by atoms with Gasteiger partial charge in [-0.3, -0.25) is 9.80 Å². The van der Waals surface area contributed by atoms with Gasteiger partial charge in [-0.25, -0.2) is 0 Å². The number of carbonyl (C=O) groups is 1. The Hall–Kier alpha value is -2.34. The number of hydrogen-bond donors (Lipinski definition) is 1. The van der Waals surface area contributed by atoms with Gasteiger partial charge in [0.25, 0.3) is 0 Å². The number of benzene rings is 1. The fourth-order valence-corrected chi connectivity index (χ4v) is 3.52. The molecule has 1 N–H and O–H groups in total. The lowest BCUT2D eigenvalue weighted by Gasteiger charge is -2.25. The number of carboxylic acid groups (broad SMARTS) is 1. The van der Waals surface area contributed by atoms with E-state index in [1.165, 1.54) is 0 Å². The predicted molar refractivity (Wildman–Crippen MR) is 86.8 cm³/mol. The number of hydrazone groups is 1. The number of aliphatic carboxylic acids is 1. The van der Waals surface area contributed by atoms with Crippen LogP contribution in [0.1, 0.15) is 17.8 Å². The second-order valence-corrected chi connectivity index (χ2v) is 6.04. The largest absolute Gasteiger partial charge is 0.497 e. The number of anilines is 1. The molecule has 0 bridgehead atoms. The molecule has 114 valence electrons. The van der Waals surface area contributed by atoms with Gasteiger partial charge in [0, 0.05) is 4.88 Å². The Balaban J connectivity index is 2.02. The molecule has 2 atom stereocenters. The van der Waals surface area contributed by atoms with E-state index >= 15 is 0 Å². The summed E-state index contributed by atoms with van der Waals surface area (Å²) in [6, 6.07) is 11.0. The molecular formula is C16H16N2O3S. The van der Waals surface area contributed by atoms with Crippen molar-refractivity contribution in [3.8, 4) is 5.75 Å². The van der Waals surface area contributed by atoms with Crippen LogP contribution in [0.2, 0.25) is 0 Å². The third-order valence-electron chi connectivity index (χ3n) is 3.73. The number of ether oxygens (including phenoxy) is 1. The number of hydrogen-bond acceptors (Lipinski definition) is 5. The zero-order valence-corrected chi connectivity index (χ0v) is 13.1. The van der Waals surface area contributed by atoms with Crippen molar-refractivity contribution in [2.24, 2.45) is 11.0 Å². The maximum Gasteiger partial charge on any atom is 0.314 e. The van der Waals surface area contributed by atoms with Gasteiger partial charge in [-0.15, -0.1) is 11.3 Å². The van der Waals surface area contributed by atoms with Gasteiger partial charge in [0.15, 0.2) is 0 Å². The van der Waals surface area contributed by atoms with Crippen molar-refractivity contribution in [2.45, 2.75) is 13.0 Å². The summed E-state index contributed by atoms with van der Waals surface area (Å²) in [4.78, 5) is 12.7. The first-order chi connectivity index (χ1) is 10.6. The number of rotatable bonds is 4. The molecular weight excluding hydrogens is 300 g/mol. The van der Waals surface area contributed by atoms with Crippen LogP contribution >= 0.6 is 11.3 Å². The Morgan fingerprint density at radius 2 is 2.05 bits per heavy atom. The van der Waals surface area contributed by atoms with Crippen molar-refractivity contribution < 1.29 is 14.6 Å². The summed E-state index contributed by atoms with van der Waals surface area (Å²) in [5, 5.41) is 17.8. The van der Waals surface area contributed by atoms with Gasteiger partial charge in [0.1, 0.15) is 17.7 Å². The second-order valence-electron chi connectivity index (χ2n) is 5.06. The summed E-state index contributed by atoms with van der Waals surface area (Å²) in [6.07, 6.45) is 0. The number of carboxylic acids is 1. The maximum atomic E-state index is 11.7. The van der Waals surface area contributed by atoms with Gasteiger partial charge < -0.3 is 9.84 Å². The van der Waals surface area contributed by atoms with E-state index < -0.39 is 11.9 Å². The fourth-order valence-electron chi connectivity index (χ4n) is 2.68. The third-order valence-corrected chi connectivity index (χ3v) is 4.68. The molecule has 2 unspecified atom stereocenters. The quantitative estimate of drug-likeness (QED) is 0.939. The van der Waals surface area contributed by atoms with Crippen molar-refractivity contribution in [1.82, 2.24) is 0 Å². The summed E-state index contributed by atoms with van der Waals surface area (Å²) in [7, 11) is 1.61. The Morgan fingerprint density at radius 3 is 2.59 bits per heavy atom. The van der Waals surface area contributed by atoms with E-state index in [0.717, 1.165) is 16.3 Å². The van der Waals surface area contributed by atoms with Crippen molar-refractivity contribution >= 4 is 28.7 Å². The van der Waals surface area contributed by atoms with E-state index in [1.807, 2.05) is 41.8 Å². The second kappa shape index (κ2) is 5.81. The lowest BCUT2D eigenvalue weighted by molar-refractivity contribution is -0.139. The van der Waals surface area contributed by atoms with Crippen LogP contribution < -0.4 is 9.75 Å². The molecule has 5 nitrogen and oxygen atoms in total. The summed E-state index contributed by atoms with van der Waals surface area (Å²) in [6.45, 7) is 1.77. The Morgan fingerprint density at radius 1 is 1.32 bits per heavy atom. The van der Waals surface area contributed by atoms with Crippen LogP contribution in [0.15, 0.2) is 46.9 Å². The van der Waals surface area contributed by atoms with Crippen LogP contribution in [-0.2, 0) is 4.79 Å². The molecule has 0 saturated carbocycles. The van der Waals surface area contributed by atoms with Crippen LogP contribution in [0, 0.1) is 5.92 Å². The van der Waals surface area contributed by atoms with Crippen LogP contribution in [0.3, 0.4) is 0 Å². The molecule has 6 heteroatoms. The molecule has 0 radical (unpaired) electrons. The average molecular weight is 316 g/mol. The van der Waals surface area contributed by atoms with Gasteiger partial charge in [0.05, 0.1) is 18.5 Å². The fraction of sp³-hybridized carbons (Fsp3) is 0.250. The molecule has 0 fully saturated rings. The highest BCUT2D eigenvalue weighted by Gasteiger charge is 2.42. The Labute approximate surface area is 132 Å². The van der Waals surface area contributed by atoms with E-state index in [0.29, 0.717) is 5.71 Å².